The average Bonchev–Trinajstić information content (AvgIpc) is 2.59. The predicted octanol–water partition coefficient (Wildman–Crippen LogP) is -0.0274. The molecule has 104 valence electrons. The molecule has 0 bridgehead atoms. The Hall–Kier alpha value is -0.960. The molecule has 1 aromatic heterocycles. The normalized spacial score (nSPS) is 12.3. The first kappa shape index (κ1) is 15.1. The second kappa shape index (κ2) is 6.28. The van der Waals surface area contributed by atoms with E-state index in [1.54, 1.807) is 21.0 Å². The van der Waals surface area contributed by atoms with E-state index in [2.05, 4.69) is 20.3 Å². The molecule has 0 fully saturated rings. The van der Waals surface area contributed by atoms with Crippen LogP contribution in [-0.4, -0.2) is 44.3 Å². The Morgan fingerprint density at radius 1 is 1.39 bits per heavy atom. The minimum Gasteiger partial charge on any atom is -0.311 e. The largest absolute Gasteiger partial charge is 0.311 e. The van der Waals surface area contributed by atoms with Crippen LogP contribution in [0.25, 0.3) is 0 Å². The Morgan fingerprint density at radius 2 is 2.06 bits per heavy atom. The standard InChI is InChI=1S/C10H21N5O2S/c1-5-6-11-7-9-10(8(2)12-13-9)18(16,17)14-15(3)4/h11,14H,5-7H2,1-4H3,(H,12,13). The molecule has 0 aliphatic rings. The van der Waals surface area contributed by atoms with Gasteiger partial charge >= 0.3 is 0 Å². The molecule has 1 aromatic rings. The zero-order chi connectivity index (χ0) is 13.8. The van der Waals surface area contributed by atoms with Crippen LogP contribution in [0.15, 0.2) is 4.90 Å². The van der Waals surface area contributed by atoms with E-state index in [-0.39, 0.29) is 4.90 Å². The number of nitrogens with zero attached hydrogens (tertiary/aromatic N) is 2. The quantitative estimate of drug-likeness (QED) is 0.480. The highest BCUT2D eigenvalue weighted by Crippen LogP contribution is 2.17. The number of hydrogen-bond acceptors (Lipinski definition) is 5. The molecule has 1 rings (SSSR count). The van der Waals surface area contributed by atoms with Crippen molar-refractivity contribution in [2.75, 3.05) is 20.6 Å². The van der Waals surface area contributed by atoms with Crippen molar-refractivity contribution in [2.45, 2.75) is 31.7 Å². The van der Waals surface area contributed by atoms with Crippen molar-refractivity contribution in [3.05, 3.63) is 11.4 Å². The summed E-state index contributed by atoms with van der Waals surface area (Å²) in [6.07, 6.45) is 0.988. The second-order valence-corrected chi connectivity index (χ2v) is 5.89. The fourth-order valence-electron chi connectivity index (χ4n) is 1.62. The van der Waals surface area contributed by atoms with Crippen LogP contribution in [0.3, 0.4) is 0 Å². The van der Waals surface area contributed by atoms with Crippen LogP contribution in [0.1, 0.15) is 24.7 Å². The van der Waals surface area contributed by atoms with Crippen LogP contribution < -0.4 is 10.1 Å². The van der Waals surface area contributed by atoms with Gasteiger partial charge in [-0.2, -0.15) is 5.10 Å². The molecule has 7 nitrogen and oxygen atoms in total. The molecule has 0 spiro atoms. The van der Waals surface area contributed by atoms with E-state index in [0.717, 1.165) is 13.0 Å². The van der Waals surface area contributed by atoms with Gasteiger partial charge in [0.1, 0.15) is 4.90 Å². The number of hydrogen-bond donors (Lipinski definition) is 3. The highest BCUT2D eigenvalue weighted by molar-refractivity contribution is 7.89. The zero-order valence-electron chi connectivity index (χ0n) is 11.2. The summed E-state index contributed by atoms with van der Waals surface area (Å²) in [7, 11) is -0.319. The van der Waals surface area contributed by atoms with Crippen LogP contribution in [0.5, 0.6) is 0 Å². The lowest BCUT2D eigenvalue weighted by Gasteiger charge is -2.13. The van der Waals surface area contributed by atoms with Crippen LogP contribution in [0.2, 0.25) is 0 Å². The van der Waals surface area contributed by atoms with Crippen LogP contribution in [0, 0.1) is 6.92 Å². The van der Waals surface area contributed by atoms with E-state index in [4.69, 9.17) is 0 Å². The summed E-state index contributed by atoms with van der Waals surface area (Å²) in [5.41, 5.74) is 1.05. The fraction of sp³-hybridized carbons (Fsp3) is 0.700. The highest BCUT2D eigenvalue weighted by Gasteiger charge is 2.24. The Kier molecular flexibility index (Phi) is 5.27. The van der Waals surface area contributed by atoms with Crippen molar-refractivity contribution in [2.24, 2.45) is 0 Å². The summed E-state index contributed by atoms with van der Waals surface area (Å²) < 4.78 is 24.3. The topological polar surface area (TPSA) is 90.1 Å². The summed E-state index contributed by atoms with van der Waals surface area (Å²) in [6, 6.07) is 0. The molecular formula is C10H21N5O2S. The number of hydrazine groups is 1. The van der Waals surface area contributed by atoms with E-state index < -0.39 is 10.0 Å². The first-order valence-corrected chi connectivity index (χ1v) is 7.31. The summed E-state index contributed by atoms with van der Waals surface area (Å²) >= 11 is 0. The van der Waals surface area contributed by atoms with Gasteiger partial charge in [-0.15, -0.1) is 4.83 Å². The highest BCUT2D eigenvalue weighted by atomic mass is 32.2. The van der Waals surface area contributed by atoms with E-state index in [1.165, 1.54) is 5.01 Å². The van der Waals surface area contributed by atoms with Crippen molar-refractivity contribution in [3.8, 4) is 0 Å². The monoisotopic (exact) mass is 275 g/mol. The third-order valence-electron chi connectivity index (χ3n) is 2.25. The molecule has 0 amide bonds. The second-order valence-electron chi connectivity index (χ2n) is 4.29. The molecule has 0 atom stereocenters. The predicted molar refractivity (Wildman–Crippen MR) is 69.3 cm³/mol. The van der Waals surface area contributed by atoms with Crippen LogP contribution in [0.4, 0.5) is 0 Å². The number of H-pyrrole nitrogens is 1. The smallest absolute Gasteiger partial charge is 0.257 e. The van der Waals surface area contributed by atoms with Gasteiger partial charge in [0.2, 0.25) is 0 Å². The fourth-order valence-corrected chi connectivity index (χ4v) is 3.06. The lowest BCUT2D eigenvalue weighted by atomic mass is 10.3. The minimum absolute atomic E-state index is 0.222. The Bertz CT molecular complexity index is 480. The van der Waals surface area contributed by atoms with Crippen molar-refractivity contribution in [3.63, 3.8) is 0 Å². The van der Waals surface area contributed by atoms with Gasteiger partial charge in [0, 0.05) is 20.6 Å². The molecule has 0 aliphatic carbocycles. The Balaban J connectivity index is 2.96. The number of aromatic amines is 1. The lowest BCUT2D eigenvalue weighted by molar-refractivity contribution is 0.363. The molecule has 0 unspecified atom stereocenters. The molecule has 18 heavy (non-hydrogen) atoms. The van der Waals surface area contributed by atoms with Gasteiger partial charge in [-0.25, -0.2) is 13.4 Å². The van der Waals surface area contributed by atoms with Gasteiger partial charge in [-0.05, 0) is 19.9 Å². The number of sulfonamides is 1. The molecule has 0 saturated carbocycles. The number of nitrogens with one attached hydrogen (secondary N) is 3. The maximum atomic E-state index is 12.1. The molecule has 3 N–H and O–H groups in total. The maximum Gasteiger partial charge on any atom is 0.257 e. The maximum absolute atomic E-state index is 12.1. The molecule has 1 heterocycles. The van der Waals surface area contributed by atoms with E-state index >= 15 is 0 Å². The molecular weight excluding hydrogens is 254 g/mol. The zero-order valence-corrected chi connectivity index (χ0v) is 12.1. The average molecular weight is 275 g/mol. The van der Waals surface area contributed by atoms with Gasteiger partial charge in [-0.3, -0.25) is 5.10 Å². The van der Waals surface area contributed by atoms with Crippen molar-refractivity contribution in [1.29, 1.82) is 0 Å². The lowest BCUT2D eigenvalue weighted by Crippen LogP contribution is -2.36. The van der Waals surface area contributed by atoms with Gasteiger partial charge in [0.15, 0.2) is 0 Å². The number of aryl methyl sites for hydroxylation is 1. The Labute approximate surface area is 108 Å². The van der Waals surface area contributed by atoms with Crippen molar-refractivity contribution < 1.29 is 8.42 Å². The molecule has 0 radical (unpaired) electrons. The molecule has 0 saturated heterocycles. The van der Waals surface area contributed by atoms with Crippen LogP contribution in [-0.2, 0) is 16.6 Å². The number of rotatable bonds is 7. The molecule has 0 aliphatic heterocycles. The SMILES string of the molecule is CCCNCc1n[nH]c(C)c1S(=O)(=O)NN(C)C. The summed E-state index contributed by atoms with van der Waals surface area (Å²) in [6.45, 7) is 5.00. The van der Waals surface area contributed by atoms with Crippen molar-refractivity contribution >= 4 is 10.0 Å². The summed E-state index contributed by atoms with van der Waals surface area (Å²) in [5.74, 6) is 0. The third-order valence-corrected chi connectivity index (χ3v) is 3.94. The first-order chi connectivity index (χ1) is 8.38. The van der Waals surface area contributed by atoms with Gasteiger partial charge in [0.05, 0.1) is 11.4 Å². The van der Waals surface area contributed by atoms with Gasteiger partial charge in [-0.1, -0.05) is 6.92 Å². The third kappa shape index (κ3) is 3.77. The molecule has 0 aromatic carbocycles. The number of aromatic nitrogens is 2. The minimum atomic E-state index is -3.57. The first-order valence-electron chi connectivity index (χ1n) is 5.82. The van der Waals surface area contributed by atoms with E-state index in [9.17, 15) is 8.42 Å². The van der Waals surface area contributed by atoms with Crippen LogP contribution >= 0.6 is 0 Å². The van der Waals surface area contributed by atoms with E-state index in [1.807, 2.05) is 6.92 Å². The summed E-state index contributed by atoms with van der Waals surface area (Å²) in [5, 5.41) is 11.3. The Morgan fingerprint density at radius 3 is 2.61 bits per heavy atom. The van der Waals surface area contributed by atoms with Crippen molar-refractivity contribution in [1.82, 2.24) is 25.4 Å². The van der Waals surface area contributed by atoms with Gasteiger partial charge < -0.3 is 5.32 Å². The van der Waals surface area contributed by atoms with E-state index in [0.29, 0.717) is 17.9 Å². The van der Waals surface area contributed by atoms with Gasteiger partial charge in [0.25, 0.3) is 10.0 Å². The molecule has 8 heteroatoms. The summed E-state index contributed by atoms with van der Waals surface area (Å²) in [4.78, 5) is 2.63.